The Bertz CT molecular complexity index is 426. The lowest BCUT2D eigenvalue weighted by Gasteiger charge is -2.35. The summed E-state index contributed by atoms with van der Waals surface area (Å²) in [7, 11) is 3.48. The van der Waals surface area contributed by atoms with Gasteiger partial charge in [-0.15, -0.1) is 0 Å². The molecular weight excluding hydrogens is 252 g/mol. The summed E-state index contributed by atoms with van der Waals surface area (Å²) < 4.78 is 10.7. The highest BCUT2D eigenvalue weighted by Gasteiger charge is 2.23. The molecule has 1 aliphatic heterocycles. The first kappa shape index (κ1) is 15.1. The number of anilines is 1. The molecule has 1 aliphatic rings. The van der Waals surface area contributed by atoms with E-state index in [4.69, 9.17) is 15.2 Å². The number of piperidine rings is 1. The number of nitrogens with zero attached hydrogens (tertiary/aromatic N) is 1. The third kappa shape index (κ3) is 3.25. The van der Waals surface area contributed by atoms with Gasteiger partial charge in [-0.2, -0.15) is 0 Å². The molecule has 0 amide bonds. The zero-order valence-corrected chi connectivity index (χ0v) is 12.8. The molecule has 0 bridgehead atoms. The lowest BCUT2D eigenvalue weighted by molar-refractivity contribution is 0.139. The molecule has 1 heterocycles. The molecule has 1 saturated heterocycles. The lowest BCUT2D eigenvalue weighted by atomic mass is 9.95. The SMILES string of the molecule is COCC1CCN(c2cccc(OC)c2[C@@H](C)N)CC1. The molecule has 1 fully saturated rings. The van der Waals surface area contributed by atoms with Crippen molar-refractivity contribution in [3.05, 3.63) is 23.8 Å². The summed E-state index contributed by atoms with van der Waals surface area (Å²) in [6.45, 7) is 4.99. The van der Waals surface area contributed by atoms with E-state index in [0.717, 1.165) is 31.0 Å². The van der Waals surface area contributed by atoms with Crippen LogP contribution in [-0.2, 0) is 4.74 Å². The van der Waals surface area contributed by atoms with Crippen LogP contribution in [0.15, 0.2) is 18.2 Å². The van der Waals surface area contributed by atoms with Gasteiger partial charge in [0.1, 0.15) is 5.75 Å². The van der Waals surface area contributed by atoms with Crippen molar-refractivity contribution in [3.8, 4) is 5.75 Å². The Morgan fingerprint density at radius 2 is 2.00 bits per heavy atom. The largest absolute Gasteiger partial charge is 0.496 e. The van der Waals surface area contributed by atoms with Gasteiger partial charge in [0.2, 0.25) is 0 Å². The van der Waals surface area contributed by atoms with Crippen molar-refractivity contribution in [1.82, 2.24) is 0 Å². The number of nitrogens with two attached hydrogens (primary N) is 1. The van der Waals surface area contributed by atoms with Crippen LogP contribution in [0, 0.1) is 5.92 Å². The van der Waals surface area contributed by atoms with Gasteiger partial charge in [-0.25, -0.2) is 0 Å². The van der Waals surface area contributed by atoms with E-state index < -0.39 is 0 Å². The lowest BCUT2D eigenvalue weighted by Crippen LogP contribution is -2.36. The topological polar surface area (TPSA) is 47.7 Å². The van der Waals surface area contributed by atoms with Gasteiger partial charge in [0, 0.05) is 44.1 Å². The molecule has 2 rings (SSSR count). The Hall–Kier alpha value is -1.26. The van der Waals surface area contributed by atoms with Crippen LogP contribution >= 0.6 is 0 Å². The summed E-state index contributed by atoms with van der Waals surface area (Å²) >= 11 is 0. The average molecular weight is 278 g/mol. The van der Waals surface area contributed by atoms with Crippen LogP contribution in [0.3, 0.4) is 0 Å². The maximum atomic E-state index is 6.15. The van der Waals surface area contributed by atoms with Crippen LogP contribution in [0.4, 0.5) is 5.69 Å². The molecule has 0 spiro atoms. The highest BCUT2D eigenvalue weighted by molar-refractivity contribution is 5.61. The predicted octanol–water partition coefficient (Wildman–Crippen LogP) is 2.58. The summed E-state index contributed by atoms with van der Waals surface area (Å²) in [4.78, 5) is 2.42. The first-order valence-corrected chi connectivity index (χ1v) is 7.33. The minimum atomic E-state index is -0.0298. The summed E-state index contributed by atoms with van der Waals surface area (Å²) in [5.74, 6) is 1.57. The minimum absolute atomic E-state index is 0.0298. The summed E-state index contributed by atoms with van der Waals surface area (Å²) in [6, 6.07) is 6.15. The molecule has 4 nitrogen and oxygen atoms in total. The Morgan fingerprint density at radius 1 is 1.30 bits per heavy atom. The van der Waals surface area contributed by atoms with Crippen molar-refractivity contribution < 1.29 is 9.47 Å². The van der Waals surface area contributed by atoms with E-state index in [-0.39, 0.29) is 6.04 Å². The van der Waals surface area contributed by atoms with Gasteiger partial charge in [-0.1, -0.05) is 6.07 Å². The van der Waals surface area contributed by atoms with Crippen LogP contribution in [0.1, 0.15) is 31.4 Å². The van der Waals surface area contributed by atoms with Gasteiger partial charge in [0.25, 0.3) is 0 Å². The third-order valence-electron chi connectivity index (χ3n) is 4.08. The van der Waals surface area contributed by atoms with Crippen molar-refractivity contribution in [2.75, 3.05) is 38.8 Å². The number of methoxy groups -OCH3 is 2. The number of hydrogen-bond donors (Lipinski definition) is 1. The molecule has 0 aromatic heterocycles. The summed E-state index contributed by atoms with van der Waals surface area (Å²) in [5, 5.41) is 0. The highest BCUT2D eigenvalue weighted by Crippen LogP contribution is 2.35. The molecule has 112 valence electrons. The van der Waals surface area contributed by atoms with Crippen LogP contribution in [0.2, 0.25) is 0 Å². The van der Waals surface area contributed by atoms with Crippen LogP contribution in [-0.4, -0.2) is 33.9 Å². The van der Waals surface area contributed by atoms with E-state index in [2.05, 4.69) is 11.0 Å². The first-order valence-electron chi connectivity index (χ1n) is 7.33. The molecule has 0 radical (unpaired) electrons. The van der Waals surface area contributed by atoms with Gasteiger partial charge >= 0.3 is 0 Å². The molecule has 0 aliphatic carbocycles. The van der Waals surface area contributed by atoms with E-state index in [1.807, 2.05) is 19.1 Å². The second-order valence-electron chi connectivity index (χ2n) is 5.57. The third-order valence-corrected chi connectivity index (χ3v) is 4.08. The maximum Gasteiger partial charge on any atom is 0.125 e. The summed E-state index contributed by atoms with van der Waals surface area (Å²) in [6.07, 6.45) is 2.34. The van der Waals surface area contributed by atoms with E-state index in [9.17, 15) is 0 Å². The number of benzene rings is 1. The number of ether oxygens (including phenoxy) is 2. The van der Waals surface area contributed by atoms with Gasteiger partial charge in [-0.3, -0.25) is 0 Å². The molecule has 4 heteroatoms. The van der Waals surface area contributed by atoms with Crippen molar-refractivity contribution in [3.63, 3.8) is 0 Å². The fourth-order valence-electron chi connectivity index (χ4n) is 3.02. The molecule has 0 unspecified atom stereocenters. The van der Waals surface area contributed by atoms with Crippen LogP contribution in [0.5, 0.6) is 5.75 Å². The maximum absolute atomic E-state index is 6.15. The van der Waals surface area contributed by atoms with Crippen molar-refractivity contribution in [1.29, 1.82) is 0 Å². The van der Waals surface area contributed by atoms with Gasteiger partial charge in [0.05, 0.1) is 7.11 Å². The Morgan fingerprint density at radius 3 is 2.55 bits per heavy atom. The smallest absolute Gasteiger partial charge is 0.125 e. The van der Waals surface area contributed by atoms with Gasteiger partial charge < -0.3 is 20.1 Å². The number of rotatable bonds is 5. The quantitative estimate of drug-likeness (QED) is 0.899. The molecule has 2 N–H and O–H groups in total. The molecule has 1 aromatic carbocycles. The molecule has 0 saturated carbocycles. The monoisotopic (exact) mass is 278 g/mol. The zero-order chi connectivity index (χ0) is 14.5. The first-order chi connectivity index (χ1) is 9.67. The minimum Gasteiger partial charge on any atom is -0.496 e. The van der Waals surface area contributed by atoms with Gasteiger partial charge in [0.15, 0.2) is 0 Å². The fraction of sp³-hybridized carbons (Fsp3) is 0.625. The Labute approximate surface area is 121 Å². The highest BCUT2D eigenvalue weighted by atomic mass is 16.5. The van der Waals surface area contributed by atoms with Crippen molar-refractivity contribution in [2.24, 2.45) is 11.7 Å². The van der Waals surface area contributed by atoms with Crippen LogP contribution in [0.25, 0.3) is 0 Å². The average Bonchev–Trinajstić information content (AvgIpc) is 2.47. The fourth-order valence-corrected chi connectivity index (χ4v) is 3.02. The second kappa shape index (κ2) is 6.95. The summed E-state index contributed by atoms with van der Waals surface area (Å²) in [5.41, 5.74) is 8.47. The van der Waals surface area contributed by atoms with E-state index in [1.165, 1.54) is 18.5 Å². The van der Waals surface area contributed by atoms with E-state index in [1.54, 1.807) is 14.2 Å². The predicted molar refractivity (Wildman–Crippen MR) is 82.4 cm³/mol. The van der Waals surface area contributed by atoms with Gasteiger partial charge in [-0.05, 0) is 37.8 Å². The van der Waals surface area contributed by atoms with Crippen molar-refractivity contribution >= 4 is 5.69 Å². The second-order valence-corrected chi connectivity index (χ2v) is 5.57. The number of hydrogen-bond acceptors (Lipinski definition) is 4. The normalized spacial score (nSPS) is 18.1. The Kier molecular flexibility index (Phi) is 5.26. The van der Waals surface area contributed by atoms with Crippen molar-refractivity contribution in [2.45, 2.75) is 25.8 Å². The standard InChI is InChI=1S/C16H26N2O2/c1-12(17)16-14(5-4-6-15(16)20-3)18-9-7-13(8-10-18)11-19-2/h4-6,12-13H,7-11,17H2,1-3H3/t12-/m1/s1. The van der Waals surface area contributed by atoms with Crippen LogP contribution < -0.4 is 15.4 Å². The zero-order valence-electron chi connectivity index (χ0n) is 12.8. The molecule has 1 atom stereocenters. The molecule has 20 heavy (non-hydrogen) atoms. The molecular formula is C16H26N2O2. The van der Waals surface area contributed by atoms with E-state index in [0.29, 0.717) is 5.92 Å². The Balaban J connectivity index is 2.17. The molecule has 1 aromatic rings. The van der Waals surface area contributed by atoms with E-state index >= 15 is 0 Å².